The Hall–Kier alpha value is -1.66. The van der Waals surface area contributed by atoms with Crippen LogP contribution in [0.5, 0.6) is 0 Å². The molecule has 0 aliphatic carbocycles. The largest absolute Gasteiger partial charge is 0.269 e. The molecule has 0 fully saturated rings. The number of hydrogen-bond donors (Lipinski definition) is 1. The summed E-state index contributed by atoms with van der Waals surface area (Å²) >= 11 is 0. The maximum Gasteiger partial charge on any atom is 0.244 e. The maximum absolute atomic E-state index is 12.7. The average molecular weight is 350 g/mol. The second kappa shape index (κ2) is 7.49. The van der Waals surface area contributed by atoms with Gasteiger partial charge in [0.1, 0.15) is 4.90 Å². The molecule has 0 saturated heterocycles. The number of hydrogen-bond acceptors (Lipinski definition) is 3. The number of benzene rings is 1. The lowest BCUT2D eigenvalue weighted by Crippen LogP contribution is -2.28. The van der Waals surface area contributed by atoms with Gasteiger partial charge in [-0.2, -0.15) is 5.10 Å². The van der Waals surface area contributed by atoms with E-state index in [0.717, 1.165) is 5.56 Å². The highest BCUT2D eigenvalue weighted by Gasteiger charge is 2.24. The molecule has 0 radical (unpaired) electrons. The van der Waals surface area contributed by atoms with E-state index in [-0.39, 0.29) is 10.9 Å². The average Bonchev–Trinajstić information content (AvgIpc) is 2.94. The number of rotatable bonds is 7. The van der Waals surface area contributed by atoms with Crippen LogP contribution < -0.4 is 4.72 Å². The smallest absolute Gasteiger partial charge is 0.244 e. The minimum Gasteiger partial charge on any atom is -0.269 e. The first-order chi connectivity index (χ1) is 11.3. The van der Waals surface area contributed by atoms with E-state index in [2.05, 4.69) is 35.8 Å². The van der Waals surface area contributed by atoms with E-state index in [9.17, 15) is 8.42 Å². The van der Waals surface area contributed by atoms with Gasteiger partial charge in [0.05, 0.1) is 11.9 Å². The van der Waals surface area contributed by atoms with Crippen molar-refractivity contribution in [2.24, 2.45) is 0 Å². The minimum atomic E-state index is -3.60. The quantitative estimate of drug-likeness (QED) is 0.827. The molecule has 24 heavy (non-hydrogen) atoms. The fourth-order valence-electron chi connectivity index (χ4n) is 2.76. The fourth-order valence-corrected chi connectivity index (χ4v) is 4.25. The van der Waals surface area contributed by atoms with Gasteiger partial charge >= 0.3 is 0 Å². The van der Waals surface area contributed by atoms with Crippen molar-refractivity contribution in [2.75, 3.05) is 0 Å². The molecule has 0 aliphatic heterocycles. The highest BCUT2D eigenvalue weighted by atomic mass is 32.2. The molecule has 2 rings (SSSR count). The summed E-state index contributed by atoms with van der Waals surface area (Å²) in [6.45, 7) is 10.6. The first kappa shape index (κ1) is 18.7. The van der Waals surface area contributed by atoms with Gasteiger partial charge < -0.3 is 0 Å². The monoisotopic (exact) mass is 349 g/mol. The molecular weight excluding hydrogens is 322 g/mol. The molecule has 2 aromatic rings. The van der Waals surface area contributed by atoms with Crippen LogP contribution in [0.4, 0.5) is 0 Å². The van der Waals surface area contributed by atoms with Gasteiger partial charge in [0.15, 0.2) is 0 Å². The summed E-state index contributed by atoms with van der Waals surface area (Å²) in [6, 6.07) is 7.90. The maximum atomic E-state index is 12.7. The lowest BCUT2D eigenvalue weighted by molar-refractivity contribution is 0.548. The first-order valence-corrected chi connectivity index (χ1v) is 9.93. The van der Waals surface area contributed by atoms with E-state index in [1.54, 1.807) is 11.6 Å². The zero-order valence-corrected chi connectivity index (χ0v) is 15.9. The Morgan fingerprint density at radius 2 is 1.71 bits per heavy atom. The van der Waals surface area contributed by atoms with Crippen LogP contribution in [0, 0.1) is 6.92 Å². The summed E-state index contributed by atoms with van der Waals surface area (Å²) in [5.41, 5.74) is 2.89. The Morgan fingerprint density at radius 3 is 2.17 bits per heavy atom. The van der Waals surface area contributed by atoms with E-state index in [1.165, 1.54) is 11.8 Å². The third-order valence-corrected chi connectivity index (χ3v) is 5.93. The lowest BCUT2D eigenvalue weighted by Gasteiger charge is -2.18. The summed E-state index contributed by atoms with van der Waals surface area (Å²) in [5.74, 6) is 0.457. The van der Waals surface area contributed by atoms with Crippen molar-refractivity contribution in [3.8, 4) is 0 Å². The van der Waals surface area contributed by atoms with Gasteiger partial charge in [0.2, 0.25) is 10.0 Å². The molecule has 0 amide bonds. The van der Waals surface area contributed by atoms with Gasteiger partial charge in [-0.15, -0.1) is 0 Å². The molecular formula is C18H27N3O2S. The molecule has 1 unspecified atom stereocenters. The molecule has 1 heterocycles. The van der Waals surface area contributed by atoms with Gasteiger partial charge in [0.25, 0.3) is 0 Å². The second-order valence-corrected chi connectivity index (χ2v) is 8.00. The number of aryl methyl sites for hydroxylation is 1. The lowest BCUT2D eigenvalue weighted by atomic mass is 9.98. The van der Waals surface area contributed by atoms with Crippen LogP contribution in [-0.2, 0) is 16.6 Å². The molecule has 0 aliphatic rings. The molecule has 1 aromatic carbocycles. The Kier molecular flexibility index (Phi) is 5.83. The zero-order chi connectivity index (χ0) is 17.9. The third kappa shape index (κ3) is 3.87. The standard InChI is InChI=1S/C18H27N3O2S/c1-6-17(16-10-8-15(9-11-16)13(3)4)20-24(22,23)18-12-19-21(7-2)14(18)5/h8-13,17,20H,6-7H2,1-5H3. The Labute approximate surface area is 145 Å². The molecule has 5 nitrogen and oxygen atoms in total. The van der Waals surface area contributed by atoms with E-state index >= 15 is 0 Å². The van der Waals surface area contributed by atoms with Crippen LogP contribution in [0.3, 0.4) is 0 Å². The predicted molar refractivity (Wildman–Crippen MR) is 96.5 cm³/mol. The molecule has 1 atom stereocenters. The van der Waals surface area contributed by atoms with Crippen LogP contribution >= 0.6 is 0 Å². The van der Waals surface area contributed by atoms with Gasteiger partial charge in [-0.3, -0.25) is 4.68 Å². The highest BCUT2D eigenvalue weighted by Crippen LogP contribution is 2.24. The first-order valence-electron chi connectivity index (χ1n) is 8.44. The predicted octanol–water partition coefficient (Wildman–Crippen LogP) is 3.76. The second-order valence-electron chi connectivity index (χ2n) is 6.31. The summed E-state index contributed by atoms with van der Waals surface area (Å²) in [5, 5.41) is 4.13. The van der Waals surface area contributed by atoms with Gasteiger partial charge in [-0.05, 0) is 37.3 Å². The van der Waals surface area contributed by atoms with Crippen molar-refractivity contribution in [3.63, 3.8) is 0 Å². The van der Waals surface area contributed by atoms with E-state index in [4.69, 9.17) is 0 Å². The van der Waals surface area contributed by atoms with Crippen LogP contribution in [0.2, 0.25) is 0 Å². The van der Waals surface area contributed by atoms with E-state index < -0.39 is 10.0 Å². The molecule has 0 bridgehead atoms. The number of aromatic nitrogens is 2. The van der Waals surface area contributed by atoms with Crippen LogP contribution in [-0.4, -0.2) is 18.2 Å². The van der Waals surface area contributed by atoms with Gasteiger partial charge in [-0.25, -0.2) is 13.1 Å². The molecule has 0 spiro atoms. The minimum absolute atomic E-state index is 0.249. The topological polar surface area (TPSA) is 64.0 Å². The summed E-state index contributed by atoms with van der Waals surface area (Å²) in [7, 11) is -3.60. The summed E-state index contributed by atoms with van der Waals surface area (Å²) in [6.07, 6.45) is 2.11. The van der Waals surface area contributed by atoms with Crippen LogP contribution in [0.25, 0.3) is 0 Å². The van der Waals surface area contributed by atoms with E-state index in [0.29, 0.717) is 24.6 Å². The number of nitrogens with zero attached hydrogens (tertiary/aromatic N) is 2. The summed E-state index contributed by atoms with van der Waals surface area (Å²) in [4.78, 5) is 0.251. The molecule has 132 valence electrons. The Balaban J connectivity index is 2.26. The van der Waals surface area contributed by atoms with Crippen molar-refractivity contribution in [3.05, 3.63) is 47.3 Å². The number of nitrogens with one attached hydrogen (secondary N) is 1. The Bertz CT molecular complexity index is 777. The van der Waals surface area contributed by atoms with Crippen molar-refractivity contribution < 1.29 is 8.42 Å². The van der Waals surface area contributed by atoms with Crippen molar-refractivity contribution in [1.29, 1.82) is 0 Å². The van der Waals surface area contributed by atoms with Crippen molar-refractivity contribution in [1.82, 2.24) is 14.5 Å². The van der Waals surface area contributed by atoms with Crippen molar-refractivity contribution >= 4 is 10.0 Å². The zero-order valence-electron chi connectivity index (χ0n) is 15.1. The highest BCUT2D eigenvalue weighted by molar-refractivity contribution is 7.89. The normalized spacial score (nSPS) is 13.4. The van der Waals surface area contributed by atoms with Crippen molar-refractivity contribution in [2.45, 2.75) is 64.4 Å². The van der Waals surface area contributed by atoms with Crippen LogP contribution in [0.15, 0.2) is 35.4 Å². The number of sulfonamides is 1. The fraction of sp³-hybridized carbons (Fsp3) is 0.500. The SMILES string of the molecule is CCC(NS(=O)(=O)c1cnn(CC)c1C)c1ccc(C(C)C)cc1. The van der Waals surface area contributed by atoms with E-state index in [1.807, 2.05) is 26.0 Å². The molecule has 1 aromatic heterocycles. The molecule has 1 N–H and O–H groups in total. The van der Waals surface area contributed by atoms with Gasteiger partial charge in [0, 0.05) is 12.6 Å². The third-order valence-electron chi connectivity index (χ3n) is 4.36. The van der Waals surface area contributed by atoms with Crippen LogP contribution in [0.1, 0.15) is 62.9 Å². The Morgan fingerprint density at radius 1 is 1.12 bits per heavy atom. The summed E-state index contributed by atoms with van der Waals surface area (Å²) < 4.78 is 30.0. The molecule has 6 heteroatoms. The molecule has 0 saturated carbocycles. The van der Waals surface area contributed by atoms with Gasteiger partial charge in [-0.1, -0.05) is 45.0 Å².